The van der Waals surface area contributed by atoms with Gasteiger partial charge >= 0.3 is 0 Å². The van der Waals surface area contributed by atoms with Crippen molar-refractivity contribution in [1.82, 2.24) is 10.2 Å². The molecule has 2 fully saturated rings. The van der Waals surface area contributed by atoms with Crippen molar-refractivity contribution in [2.24, 2.45) is 0 Å². The van der Waals surface area contributed by atoms with Gasteiger partial charge in [0.15, 0.2) is 0 Å². The largest absolute Gasteiger partial charge is 0.313 e. The molecule has 0 spiro atoms. The van der Waals surface area contributed by atoms with Gasteiger partial charge in [0.05, 0.1) is 0 Å². The fraction of sp³-hybridized carbons (Fsp3) is 1.00. The zero-order valence-electron chi connectivity index (χ0n) is 9.47. The van der Waals surface area contributed by atoms with E-state index in [4.69, 9.17) is 0 Å². The minimum absolute atomic E-state index is 0.799. The summed E-state index contributed by atoms with van der Waals surface area (Å²) < 4.78 is 0. The van der Waals surface area contributed by atoms with Gasteiger partial charge in [0, 0.05) is 18.6 Å². The van der Waals surface area contributed by atoms with E-state index in [1.54, 1.807) is 0 Å². The van der Waals surface area contributed by atoms with E-state index in [-0.39, 0.29) is 0 Å². The lowest BCUT2D eigenvalue weighted by atomic mass is 10.2. The summed E-state index contributed by atoms with van der Waals surface area (Å²) in [5.41, 5.74) is 0. The normalized spacial score (nSPS) is 27.4. The number of rotatable bonds is 6. The minimum atomic E-state index is 0.799. The highest BCUT2D eigenvalue weighted by molar-refractivity contribution is 4.88. The van der Waals surface area contributed by atoms with Gasteiger partial charge in [0.1, 0.15) is 0 Å². The standard InChI is InChI=1S/C12H24N2/c1-2-3-9-14(12-6-7-12)10-11-5-4-8-13-11/h11-13H,2-10H2,1H3/t11-/m0/s1. The van der Waals surface area contributed by atoms with Crippen LogP contribution in [0.3, 0.4) is 0 Å². The fourth-order valence-electron chi connectivity index (χ4n) is 2.42. The summed E-state index contributed by atoms with van der Waals surface area (Å²) in [4.78, 5) is 2.73. The van der Waals surface area contributed by atoms with Crippen LogP contribution in [0.15, 0.2) is 0 Å². The Bertz CT molecular complexity index is 160. The quantitative estimate of drug-likeness (QED) is 0.699. The third-order valence-corrected chi connectivity index (χ3v) is 3.48. The molecule has 0 amide bonds. The maximum atomic E-state index is 3.60. The molecule has 2 nitrogen and oxygen atoms in total. The van der Waals surface area contributed by atoms with E-state index in [2.05, 4.69) is 17.1 Å². The molecule has 1 heterocycles. The highest BCUT2D eigenvalue weighted by Crippen LogP contribution is 2.27. The second kappa shape index (κ2) is 5.13. The smallest absolute Gasteiger partial charge is 0.0195 e. The van der Waals surface area contributed by atoms with Gasteiger partial charge in [-0.2, -0.15) is 0 Å². The van der Waals surface area contributed by atoms with Crippen LogP contribution in [-0.4, -0.2) is 36.6 Å². The van der Waals surface area contributed by atoms with Crippen molar-refractivity contribution in [2.75, 3.05) is 19.6 Å². The van der Waals surface area contributed by atoms with Crippen molar-refractivity contribution >= 4 is 0 Å². The average Bonchev–Trinajstić information content (AvgIpc) is 2.92. The molecule has 0 aromatic rings. The first kappa shape index (κ1) is 10.4. The first-order chi connectivity index (χ1) is 6.90. The number of hydrogen-bond donors (Lipinski definition) is 1. The van der Waals surface area contributed by atoms with Gasteiger partial charge in [-0.25, -0.2) is 0 Å². The van der Waals surface area contributed by atoms with E-state index in [1.165, 1.54) is 58.2 Å². The molecule has 1 aliphatic carbocycles. The Morgan fingerprint density at radius 3 is 2.71 bits per heavy atom. The van der Waals surface area contributed by atoms with Crippen molar-refractivity contribution in [2.45, 2.75) is 57.5 Å². The van der Waals surface area contributed by atoms with Crippen LogP contribution < -0.4 is 5.32 Å². The second-order valence-electron chi connectivity index (χ2n) is 4.87. The molecule has 0 aromatic carbocycles. The summed E-state index contributed by atoms with van der Waals surface area (Å²) in [5, 5.41) is 3.60. The molecule has 0 bridgehead atoms. The molecular formula is C12H24N2. The Kier molecular flexibility index (Phi) is 3.82. The van der Waals surface area contributed by atoms with Crippen molar-refractivity contribution in [1.29, 1.82) is 0 Å². The van der Waals surface area contributed by atoms with Crippen LogP contribution in [0.2, 0.25) is 0 Å². The van der Waals surface area contributed by atoms with E-state index in [0.29, 0.717) is 0 Å². The third kappa shape index (κ3) is 2.96. The van der Waals surface area contributed by atoms with Crippen molar-refractivity contribution in [3.05, 3.63) is 0 Å². The van der Waals surface area contributed by atoms with E-state index < -0.39 is 0 Å². The van der Waals surface area contributed by atoms with Gasteiger partial charge in [0.25, 0.3) is 0 Å². The van der Waals surface area contributed by atoms with Gasteiger partial charge in [-0.15, -0.1) is 0 Å². The van der Waals surface area contributed by atoms with Crippen molar-refractivity contribution in [3.63, 3.8) is 0 Å². The average molecular weight is 196 g/mol. The van der Waals surface area contributed by atoms with Crippen molar-refractivity contribution in [3.8, 4) is 0 Å². The first-order valence-corrected chi connectivity index (χ1v) is 6.37. The molecule has 82 valence electrons. The lowest BCUT2D eigenvalue weighted by Crippen LogP contribution is -2.39. The lowest BCUT2D eigenvalue weighted by Gasteiger charge is -2.25. The Labute approximate surface area is 88.1 Å². The predicted octanol–water partition coefficient (Wildman–Crippen LogP) is 2.00. The zero-order chi connectivity index (χ0) is 9.80. The van der Waals surface area contributed by atoms with E-state index >= 15 is 0 Å². The van der Waals surface area contributed by atoms with Crippen LogP contribution in [-0.2, 0) is 0 Å². The zero-order valence-corrected chi connectivity index (χ0v) is 9.47. The summed E-state index contributed by atoms with van der Waals surface area (Å²) in [6.45, 7) is 6.18. The molecule has 1 saturated carbocycles. The third-order valence-electron chi connectivity index (χ3n) is 3.48. The summed E-state index contributed by atoms with van der Waals surface area (Å²) in [6.07, 6.45) is 8.41. The maximum Gasteiger partial charge on any atom is 0.0195 e. The molecule has 2 aliphatic rings. The maximum absolute atomic E-state index is 3.60. The topological polar surface area (TPSA) is 15.3 Å². The van der Waals surface area contributed by atoms with Crippen LogP contribution in [0.5, 0.6) is 0 Å². The second-order valence-corrected chi connectivity index (χ2v) is 4.87. The Morgan fingerprint density at radius 1 is 1.29 bits per heavy atom. The Balaban J connectivity index is 1.71. The molecule has 0 unspecified atom stereocenters. The molecule has 1 N–H and O–H groups in total. The number of hydrogen-bond acceptors (Lipinski definition) is 2. The molecule has 0 radical (unpaired) electrons. The molecular weight excluding hydrogens is 172 g/mol. The van der Waals surface area contributed by atoms with E-state index in [0.717, 1.165) is 12.1 Å². The number of nitrogens with zero attached hydrogens (tertiary/aromatic N) is 1. The molecule has 0 aromatic heterocycles. The van der Waals surface area contributed by atoms with Gasteiger partial charge in [-0.1, -0.05) is 13.3 Å². The molecule has 1 saturated heterocycles. The number of nitrogens with one attached hydrogen (secondary N) is 1. The van der Waals surface area contributed by atoms with Crippen LogP contribution in [0.25, 0.3) is 0 Å². The molecule has 1 atom stereocenters. The summed E-state index contributed by atoms with van der Waals surface area (Å²) >= 11 is 0. The fourth-order valence-corrected chi connectivity index (χ4v) is 2.42. The molecule has 1 aliphatic heterocycles. The van der Waals surface area contributed by atoms with Gasteiger partial charge in [-0.3, -0.25) is 4.90 Å². The van der Waals surface area contributed by atoms with Crippen molar-refractivity contribution < 1.29 is 0 Å². The Hall–Kier alpha value is -0.0800. The molecule has 2 heteroatoms. The van der Waals surface area contributed by atoms with Gasteiger partial charge < -0.3 is 5.32 Å². The highest BCUT2D eigenvalue weighted by Gasteiger charge is 2.30. The summed E-state index contributed by atoms with van der Waals surface area (Å²) in [5.74, 6) is 0. The van der Waals surface area contributed by atoms with Gasteiger partial charge in [0.2, 0.25) is 0 Å². The summed E-state index contributed by atoms with van der Waals surface area (Å²) in [7, 11) is 0. The summed E-state index contributed by atoms with van der Waals surface area (Å²) in [6, 6.07) is 1.75. The van der Waals surface area contributed by atoms with Gasteiger partial charge in [-0.05, 0) is 45.2 Å². The monoisotopic (exact) mass is 196 g/mol. The Morgan fingerprint density at radius 2 is 2.14 bits per heavy atom. The lowest BCUT2D eigenvalue weighted by molar-refractivity contribution is 0.236. The van der Waals surface area contributed by atoms with Crippen LogP contribution in [0.4, 0.5) is 0 Å². The van der Waals surface area contributed by atoms with E-state index in [9.17, 15) is 0 Å². The van der Waals surface area contributed by atoms with Crippen LogP contribution >= 0.6 is 0 Å². The predicted molar refractivity (Wildman–Crippen MR) is 60.5 cm³/mol. The van der Waals surface area contributed by atoms with E-state index in [1.807, 2.05) is 0 Å². The minimum Gasteiger partial charge on any atom is -0.313 e. The van der Waals surface area contributed by atoms with Crippen LogP contribution in [0.1, 0.15) is 45.4 Å². The van der Waals surface area contributed by atoms with Crippen LogP contribution in [0, 0.1) is 0 Å². The molecule has 14 heavy (non-hydrogen) atoms. The SMILES string of the molecule is CCCCN(C[C@@H]1CCCN1)C1CC1. The first-order valence-electron chi connectivity index (χ1n) is 6.37. The highest BCUT2D eigenvalue weighted by atomic mass is 15.2. The molecule has 2 rings (SSSR count). The number of unbranched alkanes of at least 4 members (excludes halogenated alkanes) is 1.